The highest BCUT2D eigenvalue weighted by atomic mass is 19.1. The summed E-state index contributed by atoms with van der Waals surface area (Å²) in [6, 6.07) is 10.9. The van der Waals surface area contributed by atoms with Crippen LogP contribution in [0.3, 0.4) is 0 Å². The maximum atomic E-state index is 13.7. The Morgan fingerprint density at radius 3 is 2.59 bits per heavy atom. The second-order valence-corrected chi connectivity index (χ2v) is 6.39. The van der Waals surface area contributed by atoms with Gasteiger partial charge in [-0.2, -0.15) is 0 Å². The van der Waals surface area contributed by atoms with Gasteiger partial charge in [-0.05, 0) is 30.2 Å². The number of anilines is 1. The number of carbonyl (C=O) groups is 2. The molecule has 1 aliphatic heterocycles. The second kappa shape index (κ2) is 8.16. The van der Waals surface area contributed by atoms with Crippen LogP contribution in [0.15, 0.2) is 42.5 Å². The van der Waals surface area contributed by atoms with E-state index < -0.39 is 29.1 Å². The molecule has 7 heteroatoms. The molecule has 142 valence electrons. The fourth-order valence-electron chi connectivity index (χ4n) is 3.17. The van der Waals surface area contributed by atoms with Gasteiger partial charge in [0.25, 0.3) is 0 Å². The van der Waals surface area contributed by atoms with E-state index in [1.807, 2.05) is 24.3 Å². The summed E-state index contributed by atoms with van der Waals surface area (Å²) >= 11 is 0. The highest BCUT2D eigenvalue weighted by molar-refractivity contribution is 5.97. The van der Waals surface area contributed by atoms with E-state index in [4.69, 9.17) is 4.74 Å². The summed E-state index contributed by atoms with van der Waals surface area (Å²) in [5.74, 6) is -2.31. The Morgan fingerprint density at radius 2 is 1.89 bits per heavy atom. The van der Waals surface area contributed by atoms with E-state index in [9.17, 15) is 18.4 Å². The van der Waals surface area contributed by atoms with Crippen molar-refractivity contribution in [2.24, 2.45) is 5.92 Å². The first-order valence-corrected chi connectivity index (χ1v) is 8.64. The van der Waals surface area contributed by atoms with Crippen molar-refractivity contribution in [1.29, 1.82) is 0 Å². The predicted octanol–water partition coefficient (Wildman–Crippen LogP) is 3.00. The topological polar surface area (TPSA) is 58.6 Å². The molecule has 1 heterocycles. The van der Waals surface area contributed by atoms with Crippen molar-refractivity contribution in [3.8, 4) is 5.75 Å². The van der Waals surface area contributed by atoms with Crippen LogP contribution in [0.5, 0.6) is 5.75 Å². The van der Waals surface area contributed by atoms with Gasteiger partial charge in [-0.1, -0.05) is 24.3 Å². The summed E-state index contributed by atoms with van der Waals surface area (Å²) in [4.78, 5) is 26.2. The summed E-state index contributed by atoms with van der Waals surface area (Å²) < 4.78 is 32.7. The minimum atomic E-state index is -0.847. The molecule has 1 saturated heterocycles. The highest BCUT2D eigenvalue weighted by Gasteiger charge is 2.34. The zero-order chi connectivity index (χ0) is 19.4. The second-order valence-electron chi connectivity index (χ2n) is 6.39. The number of methoxy groups -OCH3 is 1. The van der Waals surface area contributed by atoms with Crippen LogP contribution in [0.25, 0.3) is 0 Å². The van der Waals surface area contributed by atoms with Gasteiger partial charge in [0, 0.05) is 19.5 Å². The van der Waals surface area contributed by atoms with Crippen LogP contribution >= 0.6 is 0 Å². The Morgan fingerprint density at radius 1 is 1.19 bits per heavy atom. The van der Waals surface area contributed by atoms with Crippen molar-refractivity contribution in [1.82, 2.24) is 4.90 Å². The number of benzene rings is 2. The first-order valence-electron chi connectivity index (χ1n) is 8.64. The number of para-hydroxylation sites is 2. The smallest absolute Gasteiger partial charge is 0.229 e. The lowest BCUT2D eigenvalue weighted by molar-refractivity contribution is -0.128. The number of amides is 2. The van der Waals surface area contributed by atoms with Gasteiger partial charge in [-0.3, -0.25) is 9.59 Å². The molecule has 2 aromatic carbocycles. The molecule has 0 bridgehead atoms. The normalized spacial score (nSPS) is 16.5. The zero-order valence-electron chi connectivity index (χ0n) is 14.9. The van der Waals surface area contributed by atoms with Crippen LogP contribution in [0.2, 0.25) is 0 Å². The van der Waals surface area contributed by atoms with Crippen molar-refractivity contribution in [3.05, 3.63) is 59.7 Å². The molecule has 3 rings (SSSR count). The fourth-order valence-corrected chi connectivity index (χ4v) is 3.17. The van der Waals surface area contributed by atoms with Crippen molar-refractivity contribution in [3.63, 3.8) is 0 Å². The van der Waals surface area contributed by atoms with E-state index in [1.54, 1.807) is 12.0 Å². The molecule has 2 amide bonds. The van der Waals surface area contributed by atoms with E-state index in [-0.39, 0.29) is 18.9 Å². The number of rotatable bonds is 6. The predicted molar refractivity (Wildman–Crippen MR) is 96.4 cm³/mol. The van der Waals surface area contributed by atoms with Crippen molar-refractivity contribution in [2.75, 3.05) is 25.5 Å². The van der Waals surface area contributed by atoms with Gasteiger partial charge in [0.1, 0.15) is 23.1 Å². The molecular formula is C20H20F2N2O3. The summed E-state index contributed by atoms with van der Waals surface area (Å²) in [5, 5.41) is 2.27. The Balaban J connectivity index is 1.60. The molecule has 5 nitrogen and oxygen atoms in total. The average molecular weight is 374 g/mol. The summed E-state index contributed by atoms with van der Waals surface area (Å²) in [7, 11) is 1.59. The number of nitrogens with one attached hydrogen (secondary N) is 1. The Bertz CT molecular complexity index is 837. The molecule has 1 unspecified atom stereocenters. The molecule has 0 spiro atoms. The van der Waals surface area contributed by atoms with Crippen LogP contribution in [0.1, 0.15) is 12.0 Å². The quantitative estimate of drug-likeness (QED) is 0.846. The summed E-state index contributed by atoms with van der Waals surface area (Å²) in [6.45, 7) is 0.660. The number of nitrogens with zero attached hydrogens (tertiary/aromatic N) is 1. The lowest BCUT2D eigenvalue weighted by Gasteiger charge is -2.17. The van der Waals surface area contributed by atoms with E-state index in [0.29, 0.717) is 13.0 Å². The van der Waals surface area contributed by atoms with E-state index >= 15 is 0 Å². The van der Waals surface area contributed by atoms with Gasteiger partial charge in [0.2, 0.25) is 11.8 Å². The molecule has 2 aromatic rings. The third-order valence-corrected chi connectivity index (χ3v) is 4.64. The van der Waals surface area contributed by atoms with Crippen LogP contribution < -0.4 is 10.1 Å². The summed E-state index contributed by atoms with van der Waals surface area (Å²) in [6.07, 6.45) is 0.611. The number of carbonyl (C=O) groups excluding carboxylic acids is 2. The number of ether oxygens (including phenoxy) is 1. The molecule has 1 aliphatic rings. The fraction of sp³-hybridized carbons (Fsp3) is 0.300. The van der Waals surface area contributed by atoms with Gasteiger partial charge in [-0.25, -0.2) is 8.78 Å². The maximum absolute atomic E-state index is 13.7. The van der Waals surface area contributed by atoms with Crippen molar-refractivity contribution < 1.29 is 23.1 Å². The molecule has 1 N–H and O–H groups in total. The number of hydrogen-bond donors (Lipinski definition) is 1. The van der Waals surface area contributed by atoms with Crippen LogP contribution in [0.4, 0.5) is 14.5 Å². The zero-order valence-corrected chi connectivity index (χ0v) is 14.9. The minimum absolute atomic E-state index is 0.0217. The van der Waals surface area contributed by atoms with Crippen LogP contribution in [-0.4, -0.2) is 36.9 Å². The molecule has 27 heavy (non-hydrogen) atoms. The Kier molecular flexibility index (Phi) is 5.69. The van der Waals surface area contributed by atoms with E-state index in [0.717, 1.165) is 23.4 Å². The molecule has 0 aliphatic carbocycles. The molecule has 1 fully saturated rings. The van der Waals surface area contributed by atoms with Gasteiger partial charge >= 0.3 is 0 Å². The lowest BCUT2D eigenvalue weighted by atomic mass is 10.1. The number of halogens is 2. The lowest BCUT2D eigenvalue weighted by Crippen LogP contribution is -2.30. The molecule has 0 aromatic heterocycles. The van der Waals surface area contributed by atoms with E-state index in [2.05, 4.69) is 5.32 Å². The van der Waals surface area contributed by atoms with Gasteiger partial charge < -0.3 is 15.0 Å². The first kappa shape index (κ1) is 18.8. The monoisotopic (exact) mass is 374 g/mol. The van der Waals surface area contributed by atoms with Gasteiger partial charge in [-0.15, -0.1) is 0 Å². The molecule has 0 radical (unpaired) electrons. The standard InChI is InChI=1S/C20H20F2N2O3/c1-27-17-8-3-2-5-13(17)9-10-24-12-14(11-18(24)25)20(26)23-19-15(21)6-4-7-16(19)22/h2-8,14H,9-12H2,1H3,(H,23,26). The van der Waals surface area contributed by atoms with Crippen molar-refractivity contribution >= 4 is 17.5 Å². The molecule has 0 saturated carbocycles. The summed E-state index contributed by atoms with van der Waals surface area (Å²) in [5.41, 5.74) is 0.483. The first-order chi connectivity index (χ1) is 13.0. The number of likely N-dealkylation sites (tertiary alicyclic amines) is 1. The van der Waals surface area contributed by atoms with Crippen molar-refractivity contribution in [2.45, 2.75) is 12.8 Å². The number of hydrogen-bond acceptors (Lipinski definition) is 3. The third-order valence-electron chi connectivity index (χ3n) is 4.64. The SMILES string of the molecule is COc1ccccc1CCN1CC(C(=O)Nc2c(F)cccc2F)CC1=O. The largest absolute Gasteiger partial charge is 0.496 e. The highest BCUT2D eigenvalue weighted by Crippen LogP contribution is 2.24. The Labute approximate surface area is 155 Å². The maximum Gasteiger partial charge on any atom is 0.229 e. The van der Waals surface area contributed by atoms with E-state index in [1.165, 1.54) is 6.07 Å². The van der Waals surface area contributed by atoms with Crippen LogP contribution in [-0.2, 0) is 16.0 Å². The van der Waals surface area contributed by atoms with Crippen LogP contribution in [0, 0.1) is 17.6 Å². The Hall–Kier alpha value is -2.96. The molecular weight excluding hydrogens is 354 g/mol. The van der Waals surface area contributed by atoms with Gasteiger partial charge in [0.05, 0.1) is 13.0 Å². The minimum Gasteiger partial charge on any atom is -0.496 e. The third kappa shape index (κ3) is 4.24. The molecule has 1 atom stereocenters. The van der Waals surface area contributed by atoms with Gasteiger partial charge in [0.15, 0.2) is 0 Å². The average Bonchev–Trinajstić information content (AvgIpc) is 3.04.